The minimum Gasteiger partial charge on any atom is -0.347 e. The van der Waals surface area contributed by atoms with Crippen molar-refractivity contribution in [1.29, 1.82) is 0 Å². The number of carbonyl (C=O) groups excluding carboxylic acids is 1. The molecular formula is C13H14BrN3O. The van der Waals surface area contributed by atoms with E-state index in [1.54, 1.807) is 6.08 Å². The highest BCUT2D eigenvalue weighted by molar-refractivity contribution is 9.10. The summed E-state index contributed by atoms with van der Waals surface area (Å²) in [7, 11) is 0. The first-order chi connectivity index (χ1) is 8.54. The first-order valence-electron chi connectivity index (χ1n) is 5.58. The Hall–Kier alpha value is -1.62. The number of imidazole rings is 1. The summed E-state index contributed by atoms with van der Waals surface area (Å²) in [6, 6.07) is 1.98. The van der Waals surface area contributed by atoms with Crippen LogP contribution < -0.4 is 5.32 Å². The number of pyridine rings is 1. The van der Waals surface area contributed by atoms with E-state index < -0.39 is 0 Å². The molecule has 0 bridgehead atoms. The van der Waals surface area contributed by atoms with Gasteiger partial charge < -0.3 is 5.32 Å². The van der Waals surface area contributed by atoms with Gasteiger partial charge in [0.25, 0.3) is 5.91 Å². The maximum absolute atomic E-state index is 12.1. The first-order valence-corrected chi connectivity index (χ1v) is 6.37. The fourth-order valence-corrected chi connectivity index (χ4v) is 2.51. The van der Waals surface area contributed by atoms with E-state index in [1.165, 1.54) is 0 Å². The Morgan fingerprint density at radius 1 is 1.61 bits per heavy atom. The molecule has 0 aliphatic rings. The van der Waals surface area contributed by atoms with Crippen LogP contribution in [0.5, 0.6) is 0 Å². The molecule has 2 aromatic rings. The molecule has 0 saturated carbocycles. The van der Waals surface area contributed by atoms with Crippen LogP contribution >= 0.6 is 15.9 Å². The lowest BCUT2D eigenvalue weighted by molar-refractivity contribution is 0.0951. The van der Waals surface area contributed by atoms with Crippen molar-refractivity contribution in [3.05, 3.63) is 46.3 Å². The highest BCUT2D eigenvalue weighted by Gasteiger charge is 2.17. The molecular weight excluding hydrogens is 294 g/mol. The Morgan fingerprint density at radius 3 is 3.00 bits per heavy atom. The molecule has 0 atom stereocenters. The lowest BCUT2D eigenvalue weighted by Gasteiger charge is -2.05. The molecule has 0 saturated heterocycles. The van der Waals surface area contributed by atoms with Crippen molar-refractivity contribution in [2.75, 3.05) is 6.54 Å². The molecule has 2 heterocycles. The molecule has 0 aromatic carbocycles. The Labute approximate surface area is 114 Å². The van der Waals surface area contributed by atoms with Gasteiger partial charge in [-0.05, 0) is 41.4 Å². The van der Waals surface area contributed by atoms with Crippen LogP contribution in [0.15, 0.2) is 29.4 Å². The summed E-state index contributed by atoms with van der Waals surface area (Å²) in [6.07, 6.45) is 3.56. The van der Waals surface area contributed by atoms with Crippen molar-refractivity contribution in [2.45, 2.75) is 13.8 Å². The number of aromatic nitrogens is 2. The number of halogens is 1. The van der Waals surface area contributed by atoms with Gasteiger partial charge in [-0.25, -0.2) is 4.98 Å². The zero-order valence-electron chi connectivity index (χ0n) is 10.3. The number of hydrogen-bond donors (Lipinski definition) is 1. The van der Waals surface area contributed by atoms with Crippen molar-refractivity contribution in [3.63, 3.8) is 0 Å². The zero-order valence-corrected chi connectivity index (χ0v) is 11.9. The fraction of sp³-hybridized carbons (Fsp3) is 0.231. The van der Waals surface area contributed by atoms with Crippen molar-refractivity contribution >= 4 is 27.5 Å². The van der Waals surface area contributed by atoms with Gasteiger partial charge in [0.1, 0.15) is 5.69 Å². The van der Waals surface area contributed by atoms with E-state index in [2.05, 4.69) is 32.8 Å². The minimum absolute atomic E-state index is 0.141. The van der Waals surface area contributed by atoms with Crippen LogP contribution in [-0.4, -0.2) is 21.8 Å². The number of amides is 1. The van der Waals surface area contributed by atoms with Gasteiger partial charge >= 0.3 is 0 Å². The average Bonchev–Trinajstić information content (AvgIpc) is 2.63. The van der Waals surface area contributed by atoms with Crippen molar-refractivity contribution in [3.8, 4) is 0 Å². The molecule has 0 aliphatic carbocycles. The molecule has 2 rings (SSSR count). The Bertz CT molecular complexity index is 631. The van der Waals surface area contributed by atoms with E-state index >= 15 is 0 Å². The Morgan fingerprint density at radius 2 is 2.33 bits per heavy atom. The number of nitrogens with zero attached hydrogens (tertiary/aromatic N) is 2. The van der Waals surface area contributed by atoms with Gasteiger partial charge in [0.05, 0.1) is 10.2 Å². The maximum Gasteiger partial charge on any atom is 0.270 e. The van der Waals surface area contributed by atoms with Gasteiger partial charge in [-0.3, -0.25) is 9.20 Å². The summed E-state index contributed by atoms with van der Waals surface area (Å²) in [4.78, 5) is 16.5. The van der Waals surface area contributed by atoms with Crippen LogP contribution in [0.1, 0.15) is 21.7 Å². The quantitative estimate of drug-likeness (QED) is 0.886. The molecule has 1 amide bonds. The highest BCUT2D eigenvalue weighted by Crippen LogP contribution is 2.22. The highest BCUT2D eigenvalue weighted by atomic mass is 79.9. The number of fused-ring (bicyclic) bond motifs is 1. The summed E-state index contributed by atoms with van der Waals surface area (Å²) in [5.74, 6) is -0.141. The molecule has 94 valence electrons. The van der Waals surface area contributed by atoms with Crippen LogP contribution in [0.3, 0.4) is 0 Å². The standard InChI is InChI=1S/C13H14BrN3O/c1-4-5-15-13(18)11-9(3)16-12-10(14)6-8(2)7-17(11)12/h4,6-7H,1,5H2,2-3H3,(H,15,18). The van der Waals surface area contributed by atoms with Crippen LogP contribution in [0.25, 0.3) is 5.65 Å². The molecule has 18 heavy (non-hydrogen) atoms. The van der Waals surface area contributed by atoms with Crippen LogP contribution in [0.4, 0.5) is 0 Å². The molecule has 0 aliphatic heterocycles. The summed E-state index contributed by atoms with van der Waals surface area (Å²) in [5.41, 5.74) is 3.09. The number of carbonyl (C=O) groups is 1. The smallest absolute Gasteiger partial charge is 0.270 e. The van der Waals surface area contributed by atoms with Gasteiger partial charge in [0, 0.05) is 12.7 Å². The number of hydrogen-bond acceptors (Lipinski definition) is 2. The third-order valence-corrected chi connectivity index (χ3v) is 3.19. The van der Waals surface area contributed by atoms with E-state index in [0.29, 0.717) is 17.9 Å². The van der Waals surface area contributed by atoms with Gasteiger partial charge in [0.2, 0.25) is 0 Å². The summed E-state index contributed by atoms with van der Waals surface area (Å²) in [6.45, 7) is 7.83. The number of aryl methyl sites for hydroxylation is 2. The molecule has 5 heteroatoms. The molecule has 0 radical (unpaired) electrons. The second kappa shape index (κ2) is 4.94. The monoisotopic (exact) mass is 307 g/mol. The molecule has 0 unspecified atom stereocenters. The topological polar surface area (TPSA) is 46.4 Å². The van der Waals surface area contributed by atoms with Gasteiger partial charge in [-0.2, -0.15) is 0 Å². The van der Waals surface area contributed by atoms with E-state index in [9.17, 15) is 4.79 Å². The van der Waals surface area contributed by atoms with Gasteiger partial charge in [0.15, 0.2) is 5.65 Å². The van der Waals surface area contributed by atoms with Gasteiger partial charge in [-0.1, -0.05) is 6.08 Å². The van der Waals surface area contributed by atoms with Gasteiger partial charge in [-0.15, -0.1) is 6.58 Å². The number of rotatable bonds is 3. The first kappa shape index (κ1) is 12.8. The van der Waals surface area contributed by atoms with E-state index in [1.807, 2.05) is 30.5 Å². The second-order valence-corrected chi connectivity index (χ2v) is 4.96. The van der Waals surface area contributed by atoms with Crippen LogP contribution in [-0.2, 0) is 0 Å². The number of nitrogens with one attached hydrogen (secondary N) is 1. The minimum atomic E-state index is -0.141. The summed E-state index contributed by atoms with van der Waals surface area (Å²) in [5, 5.41) is 2.77. The van der Waals surface area contributed by atoms with Crippen molar-refractivity contribution in [1.82, 2.24) is 14.7 Å². The molecule has 1 N–H and O–H groups in total. The molecule has 0 fully saturated rings. The lowest BCUT2D eigenvalue weighted by atomic mass is 10.3. The van der Waals surface area contributed by atoms with Crippen molar-refractivity contribution in [2.24, 2.45) is 0 Å². The van der Waals surface area contributed by atoms with Crippen LogP contribution in [0.2, 0.25) is 0 Å². The Kier molecular flexibility index (Phi) is 3.52. The van der Waals surface area contributed by atoms with Crippen LogP contribution in [0, 0.1) is 13.8 Å². The lowest BCUT2D eigenvalue weighted by Crippen LogP contribution is -2.25. The van der Waals surface area contributed by atoms with E-state index in [0.717, 1.165) is 15.7 Å². The van der Waals surface area contributed by atoms with E-state index in [4.69, 9.17) is 0 Å². The largest absolute Gasteiger partial charge is 0.347 e. The predicted molar refractivity (Wildman–Crippen MR) is 74.9 cm³/mol. The van der Waals surface area contributed by atoms with E-state index in [-0.39, 0.29) is 5.91 Å². The predicted octanol–water partition coefficient (Wildman–Crippen LogP) is 2.63. The molecule has 0 spiro atoms. The molecule has 2 aromatic heterocycles. The maximum atomic E-state index is 12.1. The molecule has 4 nitrogen and oxygen atoms in total. The summed E-state index contributed by atoms with van der Waals surface area (Å²) < 4.78 is 2.70. The third kappa shape index (κ3) is 2.18. The fourth-order valence-electron chi connectivity index (χ4n) is 1.87. The average molecular weight is 308 g/mol. The second-order valence-electron chi connectivity index (χ2n) is 4.10. The summed E-state index contributed by atoms with van der Waals surface area (Å²) >= 11 is 3.47. The van der Waals surface area contributed by atoms with Crippen molar-refractivity contribution < 1.29 is 4.79 Å². The normalized spacial score (nSPS) is 10.6. The Balaban J connectivity index is 2.59. The SMILES string of the molecule is C=CCNC(=O)c1c(C)nc2c(Br)cc(C)cn12. The zero-order chi connectivity index (χ0) is 13.3. The third-order valence-electron chi connectivity index (χ3n) is 2.61.